The number of carbonyl (C=O) groups excluding carboxylic acids is 1. The number of hydrogen-bond donors (Lipinski definition) is 1. The van der Waals surface area contributed by atoms with Crippen molar-refractivity contribution in [3.05, 3.63) is 53.7 Å². The minimum absolute atomic E-state index is 0.0588. The molecule has 6 heteroatoms. The highest BCUT2D eigenvalue weighted by atomic mass is 19.1. The topological polar surface area (TPSA) is 60.7 Å². The molecule has 0 radical (unpaired) electrons. The summed E-state index contributed by atoms with van der Waals surface area (Å²) in [4.78, 5) is 12.1. The van der Waals surface area contributed by atoms with Gasteiger partial charge in [-0.15, -0.1) is 0 Å². The third-order valence-corrected chi connectivity index (χ3v) is 3.28. The van der Waals surface area contributed by atoms with Gasteiger partial charge in [-0.25, -0.2) is 4.39 Å². The first-order valence-electron chi connectivity index (χ1n) is 7.39. The zero-order chi connectivity index (χ0) is 16.7. The molecule has 1 N–H and O–H groups in total. The number of rotatable bonds is 8. The van der Waals surface area contributed by atoms with E-state index in [-0.39, 0.29) is 30.1 Å². The van der Waals surface area contributed by atoms with Crippen LogP contribution >= 0.6 is 0 Å². The van der Waals surface area contributed by atoms with Gasteiger partial charge in [0.15, 0.2) is 5.76 Å². The van der Waals surface area contributed by atoms with E-state index in [0.717, 1.165) is 6.42 Å². The van der Waals surface area contributed by atoms with E-state index in [1.807, 2.05) is 6.92 Å². The molecule has 5 nitrogen and oxygen atoms in total. The van der Waals surface area contributed by atoms with Gasteiger partial charge in [0.05, 0.1) is 12.6 Å². The fourth-order valence-electron chi connectivity index (χ4n) is 1.98. The molecule has 2 rings (SSSR count). The van der Waals surface area contributed by atoms with Crippen LogP contribution in [0.15, 0.2) is 40.8 Å². The number of methoxy groups -OCH3 is 1. The van der Waals surface area contributed by atoms with Gasteiger partial charge in [-0.1, -0.05) is 6.92 Å². The SMILES string of the molecule is CCC(COC)NC(=O)c1ccc(COc2ccc(F)cc2)o1. The third-order valence-electron chi connectivity index (χ3n) is 3.28. The summed E-state index contributed by atoms with van der Waals surface area (Å²) in [6.45, 7) is 2.58. The third kappa shape index (κ3) is 5.10. The number of amides is 1. The Kier molecular flexibility index (Phi) is 6.17. The Balaban J connectivity index is 1.89. The Morgan fingerprint density at radius 1 is 1.26 bits per heavy atom. The maximum Gasteiger partial charge on any atom is 0.287 e. The lowest BCUT2D eigenvalue weighted by Crippen LogP contribution is -2.37. The maximum absolute atomic E-state index is 12.8. The monoisotopic (exact) mass is 321 g/mol. The van der Waals surface area contributed by atoms with E-state index in [4.69, 9.17) is 13.9 Å². The Labute approximate surface area is 134 Å². The summed E-state index contributed by atoms with van der Waals surface area (Å²) >= 11 is 0. The Bertz CT molecular complexity index is 624. The van der Waals surface area contributed by atoms with Crippen molar-refractivity contribution in [2.45, 2.75) is 26.0 Å². The maximum atomic E-state index is 12.8. The molecule has 2 aromatic rings. The van der Waals surface area contributed by atoms with Crippen LogP contribution in [0.4, 0.5) is 4.39 Å². The minimum Gasteiger partial charge on any atom is -0.486 e. The molecule has 1 atom stereocenters. The molecule has 1 amide bonds. The average molecular weight is 321 g/mol. The second kappa shape index (κ2) is 8.33. The lowest BCUT2D eigenvalue weighted by molar-refractivity contribution is 0.0863. The van der Waals surface area contributed by atoms with Gasteiger partial charge in [-0.3, -0.25) is 4.79 Å². The second-order valence-electron chi connectivity index (χ2n) is 5.04. The molecular formula is C17H20FNO4. The molecular weight excluding hydrogens is 301 g/mol. The Morgan fingerprint density at radius 3 is 2.65 bits per heavy atom. The molecule has 0 spiro atoms. The van der Waals surface area contributed by atoms with Crippen LogP contribution in [0.3, 0.4) is 0 Å². The van der Waals surface area contributed by atoms with E-state index < -0.39 is 0 Å². The van der Waals surface area contributed by atoms with Gasteiger partial charge in [0.25, 0.3) is 5.91 Å². The largest absolute Gasteiger partial charge is 0.486 e. The van der Waals surface area contributed by atoms with Gasteiger partial charge >= 0.3 is 0 Å². The van der Waals surface area contributed by atoms with E-state index in [2.05, 4.69) is 5.32 Å². The molecule has 23 heavy (non-hydrogen) atoms. The van der Waals surface area contributed by atoms with Crippen molar-refractivity contribution in [2.24, 2.45) is 0 Å². The first kappa shape index (κ1) is 17.0. The summed E-state index contributed by atoms with van der Waals surface area (Å²) in [6.07, 6.45) is 0.765. The summed E-state index contributed by atoms with van der Waals surface area (Å²) in [6, 6.07) is 8.91. The molecule has 0 aliphatic carbocycles. The first-order valence-corrected chi connectivity index (χ1v) is 7.39. The van der Waals surface area contributed by atoms with Crippen molar-refractivity contribution in [3.63, 3.8) is 0 Å². The number of carbonyl (C=O) groups is 1. The van der Waals surface area contributed by atoms with E-state index in [1.54, 1.807) is 19.2 Å². The van der Waals surface area contributed by atoms with Crippen LogP contribution in [0.25, 0.3) is 0 Å². The van der Waals surface area contributed by atoms with Crippen LogP contribution in [0, 0.1) is 5.82 Å². The first-order chi connectivity index (χ1) is 11.1. The van der Waals surface area contributed by atoms with Crippen molar-refractivity contribution in [1.82, 2.24) is 5.32 Å². The molecule has 0 bridgehead atoms. The highest BCUT2D eigenvalue weighted by Crippen LogP contribution is 2.15. The molecule has 0 aliphatic rings. The Morgan fingerprint density at radius 2 is 2.00 bits per heavy atom. The van der Waals surface area contributed by atoms with Crippen LogP contribution in [-0.2, 0) is 11.3 Å². The fraction of sp³-hybridized carbons (Fsp3) is 0.353. The summed E-state index contributed by atoms with van der Waals surface area (Å²) in [7, 11) is 1.59. The minimum atomic E-state index is -0.323. The molecule has 1 unspecified atom stereocenters. The molecule has 124 valence electrons. The number of halogens is 1. The molecule has 1 heterocycles. The molecule has 1 aromatic carbocycles. The normalized spacial score (nSPS) is 12.0. The number of nitrogens with one attached hydrogen (secondary N) is 1. The molecule has 0 aliphatic heterocycles. The van der Waals surface area contributed by atoms with E-state index >= 15 is 0 Å². The highest BCUT2D eigenvalue weighted by Gasteiger charge is 2.15. The lowest BCUT2D eigenvalue weighted by atomic mass is 10.2. The molecule has 0 fully saturated rings. The summed E-state index contributed by atoms with van der Waals surface area (Å²) in [5, 5.41) is 2.84. The smallest absolute Gasteiger partial charge is 0.287 e. The predicted molar refractivity (Wildman–Crippen MR) is 82.9 cm³/mol. The van der Waals surface area contributed by atoms with Crippen LogP contribution in [0.5, 0.6) is 5.75 Å². The fourth-order valence-corrected chi connectivity index (χ4v) is 1.98. The number of ether oxygens (including phenoxy) is 2. The number of hydrogen-bond acceptors (Lipinski definition) is 4. The van der Waals surface area contributed by atoms with Crippen LogP contribution < -0.4 is 10.1 Å². The quantitative estimate of drug-likeness (QED) is 0.811. The summed E-state index contributed by atoms with van der Waals surface area (Å²) < 4.78 is 28.8. The van der Waals surface area contributed by atoms with Crippen molar-refractivity contribution in [3.8, 4) is 5.75 Å². The summed E-state index contributed by atoms with van der Waals surface area (Å²) in [5.41, 5.74) is 0. The zero-order valence-electron chi connectivity index (χ0n) is 13.2. The average Bonchev–Trinajstić information content (AvgIpc) is 3.03. The van der Waals surface area contributed by atoms with E-state index in [0.29, 0.717) is 18.1 Å². The van der Waals surface area contributed by atoms with Crippen LogP contribution in [0.1, 0.15) is 29.7 Å². The van der Waals surface area contributed by atoms with E-state index in [9.17, 15) is 9.18 Å². The van der Waals surface area contributed by atoms with Crippen molar-refractivity contribution in [1.29, 1.82) is 0 Å². The van der Waals surface area contributed by atoms with Gasteiger partial charge < -0.3 is 19.2 Å². The zero-order valence-corrected chi connectivity index (χ0v) is 13.2. The van der Waals surface area contributed by atoms with Crippen molar-refractivity contribution in [2.75, 3.05) is 13.7 Å². The molecule has 1 aromatic heterocycles. The van der Waals surface area contributed by atoms with Gasteiger partial charge in [-0.05, 0) is 42.8 Å². The van der Waals surface area contributed by atoms with Crippen LogP contribution in [0.2, 0.25) is 0 Å². The van der Waals surface area contributed by atoms with Gasteiger partial charge in [-0.2, -0.15) is 0 Å². The predicted octanol–water partition coefficient (Wildman–Crippen LogP) is 3.15. The summed E-state index contributed by atoms with van der Waals surface area (Å²) in [5.74, 6) is 0.647. The Hall–Kier alpha value is -2.34. The lowest BCUT2D eigenvalue weighted by Gasteiger charge is -2.14. The highest BCUT2D eigenvalue weighted by molar-refractivity contribution is 5.91. The molecule has 0 saturated carbocycles. The second-order valence-corrected chi connectivity index (χ2v) is 5.04. The van der Waals surface area contributed by atoms with Crippen molar-refractivity contribution >= 4 is 5.91 Å². The number of furan rings is 1. The van der Waals surface area contributed by atoms with Gasteiger partial charge in [0.1, 0.15) is 23.9 Å². The van der Waals surface area contributed by atoms with E-state index in [1.165, 1.54) is 24.3 Å². The van der Waals surface area contributed by atoms with Crippen molar-refractivity contribution < 1.29 is 23.1 Å². The number of benzene rings is 1. The van der Waals surface area contributed by atoms with Gasteiger partial charge in [0.2, 0.25) is 0 Å². The van der Waals surface area contributed by atoms with Crippen LogP contribution in [-0.4, -0.2) is 25.7 Å². The molecule has 0 saturated heterocycles. The van der Waals surface area contributed by atoms with Gasteiger partial charge in [0, 0.05) is 7.11 Å². The standard InChI is InChI=1S/C17H20FNO4/c1-3-13(10-21-2)19-17(20)16-9-8-15(23-16)11-22-14-6-4-12(18)5-7-14/h4-9,13H,3,10-11H2,1-2H3,(H,19,20).